The van der Waals surface area contributed by atoms with E-state index in [9.17, 15) is 0 Å². The first-order chi connectivity index (χ1) is 13.4. The highest BCUT2D eigenvalue weighted by Gasteiger charge is 1.89. The van der Waals surface area contributed by atoms with Crippen LogP contribution in [0, 0.1) is 0 Å². The van der Waals surface area contributed by atoms with Crippen molar-refractivity contribution in [1.82, 2.24) is 29.9 Å². The van der Waals surface area contributed by atoms with Crippen LogP contribution in [0.15, 0.2) is 92.3 Å². The molecule has 27 heavy (non-hydrogen) atoms. The number of hydrogen-bond acceptors (Lipinski definition) is 3. The maximum Gasteiger partial charge on any atom is 0.0640 e. The van der Waals surface area contributed by atoms with Crippen LogP contribution in [0.4, 0.5) is 0 Å². The summed E-state index contributed by atoms with van der Waals surface area (Å²) in [5.74, 6) is 0. The molecule has 0 aliphatic heterocycles. The van der Waals surface area contributed by atoms with Crippen LogP contribution in [0.25, 0.3) is 32.6 Å². The van der Waals surface area contributed by atoms with Gasteiger partial charge in [0.15, 0.2) is 0 Å². The minimum absolute atomic E-state index is 1.09. The molecule has 0 spiro atoms. The highest BCUT2D eigenvalue weighted by Crippen LogP contribution is 2.09. The molecule has 6 heteroatoms. The van der Waals surface area contributed by atoms with Gasteiger partial charge in [0, 0.05) is 82.8 Å². The molecule has 6 rings (SSSR count). The molecule has 0 aromatic carbocycles. The molecule has 0 saturated heterocycles. The van der Waals surface area contributed by atoms with E-state index in [0.717, 1.165) is 21.8 Å². The van der Waals surface area contributed by atoms with Crippen LogP contribution in [0.5, 0.6) is 0 Å². The first kappa shape index (κ1) is 16.5. The van der Waals surface area contributed by atoms with Crippen LogP contribution in [0.1, 0.15) is 0 Å². The van der Waals surface area contributed by atoms with Crippen molar-refractivity contribution in [2.24, 2.45) is 0 Å². The molecule has 132 valence electrons. The number of fused-ring (bicyclic) bond motifs is 3. The number of pyridine rings is 3. The molecular formula is C21H18N6. The van der Waals surface area contributed by atoms with Gasteiger partial charge in [0.05, 0.1) is 11.7 Å². The van der Waals surface area contributed by atoms with E-state index in [0.29, 0.717) is 0 Å². The zero-order chi connectivity index (χ0) is 18.3. The molecule has 0 aliphatic carbocycles. The van der Waals surface area contributed by atoms with Crippen molar-refractivity contribution >= 4 is 32.6 Å². The lowest BCUT2D eigenvalue weighted by atomic mass is 10.3. The lowest BCUT2D eigenvalue weighted by molar-refractivity contribution is 1.34. The summed E-state index contributed by atoms with van der Waals surface area (Å²) >= 11 is 0. The van der Waals surface area contributed by atoms with Gasteiger partial charge in [-0.2, -0.15) is 0 Å². The molecule has 0 aliphatic rings. The van der Waals surface area contributed by atoms with Crippen molar-refractivity contribution in [3.63, 3.8) is 0 Å². The van der Waals surface area contributed by atoms with E-state index in [2.05, 4.69) is 29.9 Å². The predicted octanol–water partition coefficient (Wildman–Crippen LogP) is 4.69. The number of rotatable bonds is 0. The summed E-state index contributed by atoms with van der Waals surface area (Å²) in [5, 5.41) is 4.75. The molecular weight excluding hydrogens is 336 g/mol. The lowest BCUT2D eigenvalue weighted by Crippen LogP contribution is -1.68. The fraction of sp³-hybridized carbons (Fsp3) is 0. The minimum Gasteiger partial charge on any atom is -0.366 e. The molecule has 6 heterocycles. The molecule has 0 saturated carbocycles. The molecule has 6 aromatic rings. The van der Waals surface area contributed by atoms with E-state index in [1.807, 2.05) is 73.7 Å². The van der Waals surface area contributed by atoms with E-state index in [4.69, 9.17) is 0 Å². The largest absolute Gasteiger partial charge is 0.366 e. The number of aromatic amines is 3. The molecule has 0 atom stereocenters. The van der Waals surface area contributed by atoms with Crippen molar-refractivity contribution < 1.29 is 0 Å². The number of nitrogens with one attached hydrogen (secondary N) is 3. The highest BCUT2D eigenvalue weighted by molar-refractivity contribution is 5.80. The van der Waals surface area contributed by atoms with E-state index < -0.39 is 0 Å². The van der Waals surface area contributed by atoms with E-state index in [-0.39, 0.29) is 0 Å². The predicted molar refractivity (Wildman–Crippen MR) is 108 cm³/mol. The Morgan fingerprint density at radius 3 is 1.93 bits per heavy atom. The minimum atomic E-state index is 1.09. The van der Waals surface area contributed by atoms with Gasteiger partial charge in [0.25, 0.3) is 0 Å². The zero-order valence-corrected chi connectivity index (χ0v) is 14.5. The summed E-state index contributed by atoms with van der Waals surface area (Å²) in [7, 11) is 0. The first-order valence-corrected chi connectivity index (χ1v) is 8.51. The van der Waals surface area contributed by atoms with Gasteiger partial charge in [-0.15, -0.1) is 0 Å². The third kappa shape index (κ3) is 4.01. The lowest BCUT2D eigenvalue weighted by Gasteiger charge is -1.82. The summed E-state index contributed by atoms with van der Waals surface area (Å²) in [5.41, 5.74) is 2.24. The molecule has 0 amide bonds. The van der Waals surface area contributed by atoms with Gasteiger partial charge in [-0.05, 0) is 30.3 Å². The Morgan fingerprint density at radius 1 is 0.519 bits per heavy atom. The standard InChI is InChI=1S/3C7H6N2/c1-4-9-7-2-3-8-5-6(1)7;1-3-8-5-7-6(1)2-4-9-7;1-2-8-4-7-5-9-3-6(1)7/h3*1-5,9H. The Bertz CT molecular complexity index is 1000. The van der Waals surface area contributed by atoms with Gasteiger partial charge >= 0.3 is 0 Å². The zero-order valence-electron chi connectivity index (χ0n) is 14.5. The average molecular weight is 354 g/mol. The Morgan fingerprint density at radius 2 is 1.15 bits per heavy atom. The SMILES string of the molecule is c1cc2[nH]ccc2cn1.c1cc2c[nH]cc2cn1.c1cc2cc[nH]c2cn1. The van der Waals surface area contributed by atoms with Crippen molar-refractivity contribution in [2.45, 2.75) is 0 Å². The van der Waals surface area contributed by atoms with Crippen LogP contribution >= 0.6 is 0 Å². The number of nitrogens with zero attached hydrogens (tertiary/aromatic N) is 3. The molecule has 3 N–H and O–H groups in total. The van der Waals surface area contributed by atoms with Crippen molar-refractivity contribution in [3.8, 4) is 0 Å². The van der Waals surface area contributed by atoms with Crippen LogP contribution < -0.4 is 0 Å². The fourth-order valence-electron chi connectivity index (χ4n) is 2.68. The third-order valence-corrected chi connectivity index (χ3v) is 4.07. The van der Waals surface area contributed by atoms with Crippen LogP contribution in [-0.2, 0) is 0 Å². The van der Waals surface area contributed by atoms with E-state index >= 15 is 0 Å². The van der Waals surface area contributed by atoms with Crippen LogP contribution in [0.3, 0.4) is 0 Å². The smallest absolute Gasteiger partial charge is 0.0640 e. The van der Waals surface area contributed by atoms with Gasteiger partial charge in [0.2, 0.25) is 0 Å². The number of hydrogen-bond donors (Lipinski definition) is 3. The molecule has 6 aromatic heterocycles. The summed E-state index contributed by atoms with van der Waals surface area (Å²) in [6.07, 6.45) is 18.6. The summed E-state index contributed by atoms with van der Waals surface area (Å²) in [6, 6.07) is 9.94. The fourth-order valence-corrected chi connectivity index (χ4v) is 2.68. The normalized spacial score (nSPS) is 10.2. The first-order valence-electron chi connectivity index (χ1n) is 8.51. The summed E-state index contributed by atoms with van der Waals surface area (Å²) in [4.78, 5) is 21.0. The second-order valence-electron chi connectivity index (χ2n) is 5.84. The summed E-state index contributed by atoms with van der Waals surface area (Å²) in [6.45, 7) is 0. The number of H-pyrrole nitrogens is 3. The Hall–Kier alpha value is -3.93. The van der Waals surface area contributed by atoms with Crippen molar-refractivity contribution in [1.29, 1.82) is 0 Å². The van der Waals surface area contributed by atoms with Crippen LogP contribution in [0.2, 0.25) is 0 Å². The van der Waals surface area contributed by atoms with Gasteiger partial charge in [-0.25, -0.2) is 0 Å². The second-order valence-corrected chi connectivity index (χ2v) is 5.84. The maximum absolute atomic E-state index is 3.97. The topological polar surface area (TPSA) is 86.0 Å². The number of aromatic nitrogens is 6. The molecule has 0 bridgehead atoms. The van der Waals surface area contributed by atoms with E-state index in [1.165, 1.54) is 10.8 Å². The average Bonchev–Trinajstić information content (AvgIpc) is 3.48. The van der Waals surface area contributed by atoms with Gasteiger partial charge in [-0.1, -0.05) is 0 Å². The van der Waals surface area contributed by atoms with Gasteiger partial charge in [-0.3, -0.25) is 15.0 Å². The molecule has 6 nitrogen and oxygen atoms in total. The van der Waals surface area contributed by atoms with Crippen molar-refractivity contribution in [3.05, 3.63) is 92.3 Å². The van der Waals surface area contributed by atoms with E-state index in [1.54, 1.807) is 18.6 Å². The Balaban J connectivity index is 0.0000001000. The second kappa shape index (κ2) is 7.97. The Labute approximate surface area is 155 Å². The molecule has 0 unspecified atom stereocenters. The highest BCUT2D eigenvalue weighted by atomic mass is 14.7. The molecule has 0 fully saturated rings. The quantitative estimate of drug-likeness (QED) is 0.370. The van der Waals surface area contributed by atoms with Crippen molar-refractivity contribution in [2.75, 3.05) is 0 Å². The van der Waals surface area contributed by atoms with Gasteiger partial charge in [0.1, 0.15) is 0 Å². The van der Waals surface area contributed by atoms with Crippen LogP contribution in [-0.4, -0.2) is 29.9 Å². The Kier molecular flexibility index (Phi) is 4.88. The van der Waals surface area contributed by atoms with Gasteiger partial charge < -0.3 is 15.0 Å². The summed E-state index contributed by atoms with van der Waals surface area (Å²) < 4.78 is 0. The third-order valence-electron chi connectivity index (χ3n) is 4.07. The molecule has 0 radical (unpaired) electrons. The monoisotopic (exact) mass is 354 g/mol. The maximum atomic E-state index is 3.97.